The van der Waals surface area contributed by atoms with Gasteiger partial charge in [0.2, 0.25) is 0 Å². The Labute approximate surface area is 170 Å². The van der Waals surface area contributed by atoms with Crippen LogP contribution >= 0.6 is 22.9 Å². The van der Waals surface area contributed by atoms with E-state index in [9.17, 15) is 9.59 Å². The van der Waals surface area contributed by atoms with E-state index in [-0.39, 0.29) is 17.9 Å². The SMILES string of the molecule is Cc1cc(C(=O)Cn2cnc3ccc(Cl)cc3c2=O)c(C)n1Cc1cccs1. The Morgan fingerprint density at radius 3 is 2.79 bits per heavy atom. The van der Waals surface area contributed by atoms with Crippen LogP contribution in [0, 0.1) is 13.8 Å². The number of thiophene rings is 1. The summed E-state index contributed by atoms with van der Waals surface area (Å²) < 4.78 is 3.46. The zero-order valence-corrected chi connectivity index (χ0v) is 17.0. The molecular formula is C21H18ClN3O2S. The Bertz CT molecular complexity index is 1240. The molecule has 0 saturated heterocycles. The summed E-state index contributed by atoms with van der Waals surface area (Å²) in [5.74, 6) is -0.115. The van der Waals surface area contributed by atoms with Crippen molar-refractivity contribution in [3.8, 4) is 0 Å². The van der Waals surface area contributed by atoms with Crippen LogP contribution in [0.1, 0.15) is 26.6 Å². The van der Waals surface area contributed by atoms with Gasteiger partial charge in [0.05, 0.1) is 30.3 Å². The number of benzene rings is 1. The third kappa shape index (κ3) is 3.41. The first-order chi connectivity index (χ1) is 13.4. The third-order valence-corrected chi connectivity index (χ3v) is 5.96. The van der Waals surface area contributed by atoms with Crippen molar-refractivity contribution in [2.75, 3.05) is 0 Å². The molecule has 1 aromatic carbocycles. The number of hydrogen-bond acceptors (Lipinski definition) is 4. The van der Waals surface area contributed by atoms with Gasteiger partial charge in [-0.2, -0.15) is 0 Å². The van der Waals surface area contributed by atoms with Crippen LogP contribution in [-0.2, 0) is 13.1 Å². The van der Waals surface area contributed by atoms with E-state index in [2.05, 4.69) is 15.6 Å². The fourth-order valence-electron chi connectivity index (χ4n) is 3.37. The van der Waals surface area contributed by atoms with Gasteiger partial charge in [-0.3, -0.25) is 14.2 Å². The number of carbonyl (C=O) groups excluding carboxylic acids is 1. The predicted molar refractivity (Wildman–Crippen MR) is 113 cm³/mol. The number of aromatic nitrogens is 3. The van der Waals surface area contributed by atoms with E-state index in [1.807, 2.05) is 31.4 Å². The molecule has 0 saturated carbocycles. The highest BCUT2D eigenvalue weighted by atomic mass is 35.5. The van der Waals surface area contributed by atoms with Gasteiger partial charge in [-0.15, -0.1) is 11.3 Å². The number of hydrogen-bond donors (Lipinski definition) is 0. The van der Waals surface area contributed by atoms with E-state index in [0.717, 1.165) is 17.9 Å². The maximum absolute atomic E-state index is 12.9. The summed E-state index contributed by atoms with van der Waals surface area (Å²) in [5.41, 5.74) is 2.85. The van der Waals surface area contributed by atoms with E-state index in [1.54, 1.807) is 29.5 Å². The monoisotopic (exact) mass is 411 g/mol. The molecule has 0 aliphatic heterocycles. The molecule has 0 atom stereocenters. The number of carbonyl (C=O) groups is 1. The lowest BCUT2D eigenvalue weighted by Gasteiger charge is -2.09. The lowest BCUT2D eigenvalue weighted by atomic mass is 10.1. The van der Waals surface area contributed by atoms with Gasteiger partial charge in [0.15, 0.2) is 5.78 Å². The molecule has 3 heterocycles. The number of rotatable bonds is 5. The molecule has 0 amide bonds. The molecule has 5 nitrogen and oxygen atoms in total. The van der Waals surface area contributed by atoms with Crippen LogP contribution in [0.25, 0.3) is 10.9 Å². The fourth-order valence-corrected chi connectivity index (χ4v) is 4.23. The van der Waals surface area contributed by atoms with Gasteiger partial charge >= 0.3 is 0 Å². The molecule has 4 rings (SSSR count). The Hall–Kier alpha value is -2.70. The molecule has 0 radical (unpaired) electrons. The van der Waals surface area contributed by atoms with Crippen LogP contribution in [-0.4, -0.2) is 19.9 Å². The number of nitrogens with zero attached hydrogens (tertiary/aromatic N) is 3. The molecule has 142 valence electrons. The summed E-state index contributed by atoms with van der Waals surface area (Å²) in [6.45, 7) is 4.61. The minimum atomic E-state index is -0.270. The Morgan fingerprint density at radius 2 is 2.04 bits per heavy atom. The van der Waals surface area contributed by atoms with Crippen LogP contribution < -0.4 is 5.56 Å². The average Bonchev–Trinajstić information content (AvgIpc) is 3.28. The van der Waals surface area contributed by atoms with Crippen molar-refractivity contribution in [2.45, 2.75) is 26.9 Å². The second kappa shape index (κ2) is 7.37. The second-order valence-electron chi connectivity index (χ2n) is 6.71. The molecule has 0 fully saturated rings. The largest absolute Gasteiger partial charge is 0.343 e. The highest BCUT2D eigenvalue weighted by Crippen LogP contribution is 2.20. The molecule has 0 N–H and O–H groups in total. The highest BCUT2D eigenvalue weighted by Gasteiger charge is 2.17. The number of aryl methyl sites for hydroxylation is 1. The molecule has 0 aliphatic rings. The molecule has 7 heteroatoms. The van der Waals surface area contributed by atoms with Crippen molar-refractivity contribution in [3.63, 3.8) is 0 Å². The topological polar surface area (TPSA) is 56.9 Å². The molecule has 0 unspecified atom stereocenters. The molecule has 0 bridgehead atoms. The van der Waals surface area contributed by atoms with E-state index in [0.29, 0.717) is 21.5 Å². The predicted octanol–water partition coefficient (Wildman–Crippen LogP) is 4.46. The minimum absolute atomic E-state index is 0.0580. The highest BCUT2D eigenvalue weighted by molar-refractivity contribution is 7.09. The van der Waals surface area contributed by atoms with Gasteiger partial charge in [0.25, 0.3) is 5.56 Å². The van der Waals surface area contributed by atoms with Crippen molar-refractivity contribution >= 4 is 39.6 Å². The average molecular weight is 412 g/mol. The first-order valence-corrected chi connectivity index (χ1v) is 10.1. The van der Waals surface area contributed by atoms with Crippen molar-refractivity contribution in [1.29, 1.82) is 0 Å². The minimum Gasteiger partial charge on any atom is -0.343 e. The van der Waals surface area contributed by atoms with Crippen molar-refractivity contribution in [1.82, 2.24) is 14.1 Å². The van der Waals surface area contributed by atoms with Crippen molar-refractivity contribution in [3.05, 3.63) is 85.3 Å². The maximum atomic E-state index is 12.9. The maximum Gasteiger partial charge on any atom is 0.261 e. The Kier molecular flexibility index (Phi) is 4.91. The lowest BCUT2D eigenvalue weighted by molar-refractivity contribution is 0.0970. The first-order valence-electron chi connectivity index (χ1n) is 8.81. The lowest BCUT2D eigenvalue weighted by Crippen LogP contribution is -2.25. The zero-order chi connectivity index (χ0) is 19.8. The van der Waals surface area contributed by atoms with Crippen molar-refractivity contribution in [2.24, 2.45) is 0 Å². The zero-order valence-electron chi connectivity index (χ0n) is 15.5. The summed E-state index contributed by atoms with van der Waals surface area (Å²) in [7, 11) is 0. The molecule has 28 heavy (non-hydrogen) atoms. The smallest absolute Gasteiger partial charge is 0.261 e. The van der Waals surface area contributed by atoms with Gasteiger partial charge in [-0.25, -0.2) is 4.98 Å². The van der Waals surface area contributed by atoms with Crippen molar-refractivity contribution < 1.29 is 4.79 Å². The van der Waals surface area contributed by atoms with E-state index in [1.165, 1.54) is 15.8 Å². The van der Waals surface area contributed by atoms with E-state index >= 15 is 0 Å². The summed E-state index contributed by atoms with van der Waals surface area (Å²) in [5, 5.41) is 2.92. The van der Waals surface area contributed by atoms with Gasteiger partial charge in [-0.05, 0) is 49.6 Å². The molecular weight excluding hydrogens is 394 g/mol. The number of Topliss-reactive ketones (excluding diaryl/α,β-unsaturated/α-hetero) is 1. The number of fused-ring (bicyclic) bond motifs is 1. The fraction of sp³-hybridized carbons (Fsp3) is 0.190. The van der Waals surface area contributed by atoms with Gasteiger partial charge in [0, 0.05) is 26.9 Å². The van der Waals surface area contributed by atoms with Crippen LogP contribution in [0.4, 0.5) is 0 Å². The summed E-state index contributed by atoms with van der Waals surface area (Å²) in [6.07, 6.45) is 1.42. The first kappa shape index (κ1) is 18.7. The van der Waals surface area contributed by atoms with E-state index in [4.69, 9.17) is 11.6 Å². The second-order valence-corrected chi connectivity index (χ2v) is 8.18. The van der Waals surface area contributed by atoms with Gasteiger partial charge < -0.3 is 4.57 Å². The van der Waals surface area contributed by atoms with Gasteiger partial charge in [-0.1, -0.05) is 17.7 Å². The number of ketones is 1. The molecule has 3 aromatic heterocycles. The summed E-state index contributed by atoms with van der Waals surface area (Å²) in [6, 6.07) is 11.0. The number of halogens is 1. The normalized spacial score (nSPS) is 11.2. The standard InChI is InChI=1S/C21H18ClN3O2S/c1-13-8-17(14(2)25(13)10-16-4-3-7-28-16)20(26)11-24-12-23-19-6-5-15(22)9-18(19)21(24)27/h3-9,12H,10-11H2,1-2H3. The molecule has 0 aliphatic carbocycles. The Morgan fingerprint density at radius 1 is 1.21 bits per heavy atom. The Balaban J connectivity index is 1.65. The van der Waals surface area contributed by atoms with E-state index < -0.39 is 0 Å². The summed E-state index contributed by atoms with van der Waals surface area (Å²) in [4.78, 5) is 31.2. The van der Waals surface area contributed by atoms with Crippen LogP contribution in [0.15, 0.2) is 52.9 Å². The van der Waals surface area contributed by atoms with Crippen LogP contribution in [0.3, 0.4) is 0 Å². The quantitative estimate of drug-likeness (QED) is 0.455. The molecule has 0 spiro atoms. The van der Waals surface area contributed by atoms with Gasteiger partial charge in [0.1, 0.15) is 0 Å². The molecule has 4 aromatic rings. The summed E-state index contributed by atoms with van der Waals surface area (Å²) >= 11 is 7.69. The third-order valence-electron chi connectivity index (χ3n) is 4.87. The van der Waals surface area contributed by atoms with Crippen LogP contribution in [0.5, 0.6) is 0 Å². The van der Waals surface area contributed by atoms with Crippen LogP contribution in [0.2, 0.25) is 5.02 Å².